The molecule has 3 rings (SSSR count). The van der Waals surface area contributed by atoms with Gasteiger partial charge in [-0.15, -0.1) is 0 Å². The van der Waals surface area contributed by atoms with Crippen molar-refractivity contribution in [3.8, 4) is 0 Å². The van der Waals surface area contributed by atoms with Crippen LogP contribution in [0.1, 0.15) is 31.7 Å². The molecule has 1 aromatic rings. The van der Waals surface area contributed by atoms with Crippen molar-refractivity contribution in [2.45, 2.75) is 38.8 Å². The molecule has 1 spiro atoms. The third-order valence-corrected chi connectivity index (χ3v) is 5.46. The highest BCUT2D eigenvalue weighted by Gasteiger charge is 2.48. The van der Waals surface area contributed by atoms with Crippen LogP contribution >= 0.6 is 0 Å². The predicted molar refractivity (Wildman–Crippen MR) is 89.0 cm³/mol. The first-order valence-electron chi connectivity index (χ1n) is 8.32. The molecule has 1 amide bonds. The maximum absolute atomic E-state index is 11.7. The number of nitrogens with two attached hydrogens (primary N) is 1. The Bertz CT molecular complexity index is 640. The highest BCUT2D eigenvalue weighted by molar-refractivity contribution is 5.74. The van der Waals surface area contributed by atoms with Gasteiger partial charge in [0.15, 0.2) is 0 Å². The van der Waals surface area contributed by atoms with Crippen molar-refractivity contribution in [2.75, 3.05) is 25.4 Å². The third kappa shape index (κ3) is 3.21. The van der Waals surface area contributed by atoms with Crippen LogP contribution in [0.5, 0.6) is 0 Å². The van der Waals surface area contributed by atoms with Crippen molar-refractivity contribution in [3.63, 3.8) is 0 Å². The topological polar surface area (TPSA) is 99.8 Å². The number of carbonyl (C=O) groups is 2. The summed E-state index contributed by atoms with van der Waals surface area (Å²) in [4.78, 5) is 31.2. The number of nitrogen functional groups attached to an aromatic ring is 1. The number of anilines is 1. The summed E-state index contributed by atoms with van der Waals surface area (Å²) < 4.78 is 0. The van der Waals surface area contributed by atoms with Gasteiger partial charge in [-0.2, -0.15) is 0 Å². The second-order valence-corrected chi connectivity index (χ2v) is 7.02. The average molecular weight is 332 g/mol. The molecule has 2 fully saturated rings. The molecule has 2 saturated heterocycles. The minimum atomic E-state index is -0.789. The van der Waals surface area contributed by atoms with Gasteiger partial charge in [0.05, 0.1) is 0 Å². The molecule has 2 aliphatic heterocycles. The van der Waals surface area contributed by atoms with Crippen LogP contribution in [0.2, 0.25) is 0 Å². The van der Waals surface area contributed by atoms with Gasteiger partial charge in [0.25, 0.3) is 0 Å². The second-order valence-electron chi connectivity index (χ2n) is 7.02. The average Bonchev–Trinajstić information content (AvgIpc) is 2.88. The molecule has 3 N–H and O–H groups in total. The molecule has 0 aliphatic carbocycles. The third-order valence-electron chi connectivity index (χ3n) is 5.46. The summed E-state index contributed by atoms with van der Waals surface area (Å²) >= 11 is 0. The van der Waals surface area contributed by atoms with Crippen LogP contribution in [0.15, 0.2) is 18.3 Å². The number of likely N-dealkylation sites (tertiary alicyclic amines) is 2. The Morgan fingerprint density at radius 1 is 1.42 bits per heavy atom. The van der Waals surface area contributed by atoms with E-state index >= 15 is 0 Å². The zero-order valence-corrected chi connectivity index (χ0v) is 13.9. The number of rotatable bonds is 3. The van der Waals surface area contributed by atoms with E-state index in [-0.39, 0.29) is 11.3 Å². The smallest absolute Gasteiger partial charge is 0.320 e. The van der Waals surface area contributed by atoms with Gasteiger partial charge in [0.2, 0.25) is 5.91 Å². The number of hydrogen-bond acceptors (Lipinski definition) is 5. The summed E-state index contributed by atoms with van der Waals surface area (Å²) in [6.45, 7) is 4.23. The first kappa shape index (κ1) is 16.7. The van der Waals surface area contributed by atoms with Crippen LogP contribution in [0.25, 0.3) is 0 Å². The Balaban J connectivity index is 1.74. The van der Waals surface area contributed by atoms with Crippen molar-refractivity contribution < 1.29 is 14.7 Å². The summed E-state index contributed by atoms with van der Waals surface area (Å²) in [6.07, 6.45) is 3.98. The van der Waals surface area contributed by atoms with E-state index in [1.54, 1.807) is 13.1 Å². The number of piperidine rings is 1. The molecule has 3 heterocycles. The number of aromatic nitrogens is 1. The molecular formula is C17H24N4O3. The molecule has 130 valence electrons. The van der Waals surface area contributed by atoms with Crippen LogP contribution in [0.4, 0.5) is 5.82 Å². The number of carboxylic acid groups (broad SMARTS) is 1. The van der Waals surface area contributed by atoms with Gasteiger partial charge < -0.3 is 15.7 Å². The molecule has 7 nitrogen and oxygen atoms in total. The minimum absolute atomic E-state index is 0.0218. The van der Waals surface area contributed by atoms with Gasteiger partial charge in [-0.05, 0) is 30.7 Å². The van der Waals surface area contributed by atoms with Gasteiger partial charge in [-0.3, -0.25) is 14.5 Å². The Morgan fingerprint density at radius 2 is 2.12 bits per heavy atom. The van der Waals surface area contributed by atoms with E-state index in [0.29, 0.717) is 31.9 Å². The number of nitrogens with zero attached hydrogens (tertiary/aromatic N) is 3. The fourth-order valence-electron chi connectivity index (χ4n) is 4.02. The lowest BCUT2D eigenvalue weighted by Gasteiger charge is -2.39. The first-order chi connectivity index (χ1) is 11.4. The van der Waals surface area contributed by atoms with Crippen LogP contribution in [0.3, 0.4) is 0 Å². The van der Waals surface area contributed by atoms with Gasteiger partial charge in [-0.1, -0.05) is 6.07 Å². The fraction of sp³-hybridized carbons (Fsp3) is 0.588. The normalized spacial score (nSPS) is 23.5. The van der Waals surface area contributed by atoms with Gasteiger partial charge >= 0.3 is 5.97 Å². The standard InChI is InChI=1S/C17H24N4O3/c1-12(22)20-7-4-17(5-8-20)9-14(16(23)24)21(11-17)10-13-3-2-6-19-15(13)18/h2-3,6,14H,4-5,7-11H2,1H3,(H2,18,19)(H,23,24)/t14-/m0/s1. The van der Waals surface area contributed by atoms with Gasteiger partial charge in [0, 0.05) is 44.9 Å². The number of hydrogen-bond donors (Lipinski definition) is 2. The predicted octanol–water partition coefficient (Wildman–Crippen LogP) is 0.951. The quantitative estimate of drug-likeness (QED) is 0.855. The molecule has 0 unspecified atom stereocenters. The largest absolute Gasteiger partial charge is 0.480 e. The summed E-state index contributed by atoms with van der Waals surface area (Å²) in [6, 6.07) is 3.21. The molecule has 24 heavy (non-hydrogen) atoms. The highest BCUT2D eigenvalue weighted by atomic mass is 16.4. The highest BCUT2D eigenvalue weighted by Crippen LogP contribution is 2.44. The van der Waals surface area contributed by atoms with E-state index in [1.807, 2.05) is 21.9 Å². The molecule has 1 aromatic heterocycles. The zero-order chi connectivity index (χ0) is 17.3. The molecule has 0 bridgehead atoms. The van der Waals surface area contributed by atoms with Crippen molar-refractivity contribution in [3.05, 3.63) is 23.9 Å². The lowest BCUT2D eigenvalue weighted by molar-refractivity contribution is -0.142. The number of pyridine rings is 1. The van der Waals surface area contributed by atoms with Crippen LogP contribution < -0.4 is 5.73 Å². The molecule has 7 heteroatoms. The molecule has 1 atom stereocenters. The Kier molecular flexibility index (Phi) is 4.45. The lowest BCUT2D eigenvalue weighted by Crippen LogP contribution is -2.43. The maximum atomic E-state index is 11.7. The molecule has 0 radical (unpaired) electrons. The fourth-order valence-corrected chi connectivity index (χ4v) is 4.02. The van der Waals surface area contributed by atoms with Gasteiger partial charge in [0.1, 0.15) is 11.9 Å². The number of amides is 1. The van der Waals surface area contributed by atoms with E-state index in [0.717, 1.165) is 24.9 Å². The van der Waals surface area contributed by atoms with Crippen LogP contribution in [-0.2, 0) is 16.1 Å². The summed E-state index contributed by atoms with van der Waals surface area (Å²) in [5.41, 5.74) is 6.75. The van der Waals surface area contributed by atoms with Crippen molar-refractivity contribution >= 4 is 17.7 Å². The van der Waals surface area contributed by atoms with E-state index in [2.05, 4.69) is 4.98 Å². The zero-order valence-electron chi connectivity index (χ0n) is 13.9. The lowest BCUT2D eigenvalue weighted by atomic mass is 9.76. The molecule has 0 aromatic carbocycles. The number of carboxylic acids is 1. The van der Waals surface area contributed by atoms with Crippen LogP contribution in [-0.4, -0.2) is 57.4 Å². The Labute approximate surface area is 141 Å². The van der Waals surface area contributed by atoms with E-state index in [4.69, 9.17) is 5.73 Å². The monoisotopic (exact) mass is 332 g/mol. The van der Waals surface area contributed by atoms with Crippen molar-refractivity contribution in [2.24, 2.45) is 5.41 Å². The number of carbonyl (C=O) groups excluding carboxylic acids is 1. The minimum Gasteiger partial charge on any atom is -0.480 e. The summed E-state index contributed by atoms with van der Waals surface area (Å²) in [7, 11) is 0. The van der Waals surface area contributed by atoms with Crippen molar-refractivity contribution in [1.29, 1.82) is 0 Å². The molecule has 2 aliphatic rings. The van der Waals surface area contributed by atoms with Crippen LogP contribution in [0, 0.1) is 5.41 Å². The maximum Gasteiger partial charge on any atom is 0.320 e. The molecular weight excluding hydrogens is 308 g/mol. The summed E-state index contributed by atoms with van der Waals surface area (Å²) in [5, 5.41) is 9.63. The summed E-state index contributed by atoms with van der Waals surface area (Å²) in [5.74, 6) is -0.241. The van der Waals surface area contributed by atoms with Crippen molar-refractivity contribution in [1.82, 2.24) is 14.8 Å². The van der Waals surface area contributed by atoms with E-state index in [1.165, 1.54) is 0 Å². The van der Waals surface area contributed by atoms with Gasteiger partial charge in [-0.25, -0.2) is 4.98 Å². The number of aliphatic carboxylic acids is 1. The Hall–Kier alpha value is -2.15. The van der Waals surface area contributed by atoms with E-state index < -0.39 is 12.0 Å². The van der Waals surface area contributed by atoms with E-state index in [9.17, 15) is 14.7 Å². The Morgan fingerprint density at radius 3 is 2.71 bits per heavy atom. The first-order valence-corrected chi connectivity index (χ1v) is 8.32. The second kappa shape index (κ2) is 6.39. The SMILES string of the molecule is CC(=O)N1CCC2(CC1)C[C@@H](C(=O)O)N(Cc1cccnc1N)C2. The molecule has 0 saturated carbocycles.